The number of hydrogen-bond donors (Lipinski definition) is 1. The third-order valence-electron chi connectivity index (χ3n) is 3.49. The topological polar surface area (TPSA) is 106 Å². The first-order chi connectivity index (χ1) is 13.2. The number of halogens is 3. The third kappa shape index (κ3) is 5.50. The average Bonchev–Trinajstić information content (AvgIpc) is 3.14. The molecule has 8 nitrogen and oxygen atoms in total. The van der Waals surface area contributed by atoms with E-state index in [9.17, 15) is 22.8 Å². The Labute approximate surface area is 156 Å². The highest BCUT2D eigenvalue weighted by Crippen LogP contribution is 2.25. The summed E-state index contributed by atoms with van der Waals surface area (Å²) >= 11 is 0. The second kappa shape index (κ2) is 8.93. The number of carbonyl (C=O) groups is 2. The monoisotopic (exact) mass is 398 g/mol. The smallest absolute Gasteiger partial charge is 0.481 e. The number of aliphatic carboxylic acids is 1. The van der Waals surface area contributed by atoms with Gasteiger partial charge in [0.1, 0.15) is 17.5 Å². The molecule has 0 spiro atoms. The van der Waals surface area contributed by atoms with Gasteiger partial charge in [0.05, 0.1) is 7.11 Å². The van der Waals surface area contributed by atoms with Crippen molar-refractivity contribution in [2.24, 2.45) is 0 Å². The maximum atomic E-state index is 11.0. The Morgan fingerprint density at radius 3 is 2.39 bits per heavy atom. The molecule has 0 unspecified atom stereocenters. The molecule has 3 rings (SSSR count). The zero-order chi connectivity index (χ0) is 20.7. The van der Waals surface area contributed by atoms with Gasteiger partial charge in [-0.05, 0) is 21.9 Å². The number of aromatic nitrogens is 3. The first kappa shape index (κ1) is 20.8. The maximum Gasteiger partial charge on any atom is 0.490 e. The van der Waals surface area contributed by atoms with Crippen LogP contribution in [0.2, 0.25) is 0 Å². The number of hydrogen-bond acceptors (Lipinski definition) is 6. The van der Waals surface area contributed by atoms with Crippen LogP contribution in [0.1, 0.15) is 6.42 Å². The molecule has 1 aromatic carbocycles. The van der Waals surface area contributed by atoms with Gasteiger partial charge in [-0.15, -0.1) is 0 Å². The molecule has 0 radical (unpaired) electrons. The number of pyridine rings is 1. The summed E-state index contributed by atoms with van der Waals surface area (Å²) in [6, 6.07) is 9.53. The largest absolute Gasteiger partial charge is 0.490 e. The summed E-state index contributed by atoms with van der Waals surface area (Å²) in [6.45, 7) is 0.450. The van der Waals surface area contributed by atoms with Crippen LogP contribution >= 0.6 is 0 Å². The van der Waals surface area contributed by atoms with Crippen molar-refractivity contribution in [1.29, 1.82) is 0 Å². The third-order valence-corrected chi connectivity index (χ3v) is 3.49. The number of benzene rings is 1. The molecular formula is C17H15F3N3O5+. The fourth-order valence-electron chi connectivity index (χ4n) is 2.17. The van der Waals surface area contributed by atoms with Gasteiger partial charge in [0.15, 0.2) is 18.9 Å². The number of rotatable bonds is 4. The van der Waals surface area contributed by atoms with Gasteiger partial charge >= 0.3 is 18.1 Å². The molecule has 0 amide bonds. The highest BCUT2D eigenvalue weighted by atomic mass is 19.4. The molecule has 28 heavy (non-hydrogen) atoms. The van der Waals surface area contributed by atoms with Crippen LogP contribution in [-0.2, 0) is 20.9 Å². The van der Waals surface area contributed by atoms with Crippen LogP contribution in [0, 0.1) is 0 Å². The zero-order valence-electron chi connectivity index (χ0n) is 14.5. The lowest BCUT2D eigenvalue weighted by atomic mass is 10.1. The Hall–Kier alpha value is -3.50. The minimum absolute atomic E-state index is 0.104. The summed E-state index contributed by atoms with van der Waals surface area (Å²) in [5, 5.41) is 16.4. The van der Waals surface area contributed by atoms with Gasteiger partial charge in [-0.25, -0.2) is 14.0 Å². The summed E-state index contributed by atoms with van der Waals surface area (Å²) in [6.07, 6.45) is -1.04. The molecular weight excluding hydrogens is 383 g/mol. The summed E-state index contributed by atoms with van der Waals surface area (Å²) in [7, 11) is 0.676. The normalized spacial score (nSPS) is 10.9. The lowest BCUT2D eigenvalue weighted by Gasteiger charge is -2.00. The van der Waals surface area contributed by atoms with Crippen molar-refractivity contribution in [2.45, 2.75) is 19.1 Å². The fraction of sp³-hybridized carbons (Fsp3) is 0.235. The number of carboxylic acids is 1. The molecule has 0 aliphatic carbocycles. The molecule has 3 aromatic rings. The Balaban J connectivity index is 0.000000300. The van der Waals surface area contributed by atoms with Gasteiger partial charge in [-0.1, -0.05) is 12.1 Å². The van der Waals surface area contributed by atoms with Crippen LogP contribution < -0.4 is 4.57 Å². The van der Waals surface area contributed by atoms with Crippen LogP contribution in [0.4, 0.5) is 13.2 Å². The second-order valence-corrected chi connectivity index (χ2v) is 5.40. The van der Waals surface area contributed by atoms with Gasteiger partial charge in [0.2, 0.25) is 0 Å². The molecule has 2 heterocycles. The highest BCUT2D eigenvalue weighted by molar-refractivity contribution is 5.90. The minimum atomic E-state index is -4.85. The van der Waals surface area contributed by atoms with E-state index in [-0.39, 0.29) is 6.42 Å². The van der Waals surface area contributed by atoms with Crippen molar-refractivity contribution in [1.82, 2.24) is 10.3 Å². The van der Waals surface area contributed by atoms with E-state index in [0.717, 1.165) is 16.6 Å². The van der Waals surface area contributed by atoms with Gasteiger partial charge in [-0.2, -0.15) is 13.2 Å². The number of ether oxygens (including phenoxy) is 1. The van der Waals surface area contributed by atoms with Gasteiger partial charge in [0, 0.05) is 17.7 Å². The summed E-state index contributed by atoms with van der Waals surface area (Å²) < 4.78 is 42.9. The summed E-state index contributed by atoms with van der Waals surface area (Å²) in [5.41, 5.74) is 3.35. The van der Waals surface area contributed by atoms with E-state index in [4.69, 9.17) is 9.74 Å². The van der Waals surface area contributed by atoms with E-state index < -0.39 is 18.1 Å². The first-order valence-electron chi connectivity index (χ1n) is 7.80. The Morgan fingerprint density at radius 2 is 1.86 bits per heavy atom. The fourth-order valence-corrected chi connectivity index (χ4v) is 2.17. The molecule has 0 fully saturated rings. The van der Waals surface area contributed by atoms with Crippen LogP contribution in [0.25, 0.3) is 22.2 Å². The van der Waals surface area contributed by atoms with Gasteiger partial charge < -0.3 is 9.84 Å². The average molecular weight is 398 g/mol. The minimum Gasteiger partial charge on any atom is -0.481 e. The summed E-state index contributed by atoms with van der Waals surface area (Å²) in [5.74, 6) is -2.97. The highest BCUT2D eigenvalue weighted by Gasteiger charge is 2.40. The van der Waals surface area contributed by atoms with E-state index in [1.165, 1.54) is 0 Å². The van der Waals surface area contributed by atoms with Crippen molar-refractivity contribution in [2.75, 3.05) is 7.11 Å². The number of carboxylic acid groups (broad SMARTS) is 1. The standard InChI is InChI=1S/C14H11N3O3.C3H3F3O2/c18-13(19)6-9-17-7-4-10(5-8-17)11-2-1-3-12-14(11)16-20-15-12;1-8-2(7)3(4,5)6/h1-5,7-8H,6,9H2;1H3/p+1. The zero-order valence-corrected chi connectivity index (χ0v) is 14.5. The van der Waals surface area contributed by atoms with Crippen LogP contribution in [0.15, 0.2) is 47.4 Å². The van der Waals surface area contributed by atoms with Crippen LogP contribution in [-0.4, -0.2) is 40.6 Å². The van der Waals surface area contributed by atoms with Crippen LogP contribution in [0.5, 0.6) is 0 Å². The second-order valence-electron chi connectivity index (χ2n) is 5.40. The van der Waals surface area contributed by atoms with Crippen molar-refractivity contribution in [3.05, 3.63) is 42.7 Å². The van der Waals surface area contributed by atoms with Crippen molar-refractivity contribution >= 4 is 23.0 Å². The number of esters is 1. The Morgan fingerprint density at radius 1 is 1.18 bits per heavy atom. The Bertz CT molecular complexity index is 955. The SMILES string of the molecule is COC(=O)C(F)(F)F.O=C(O)CC[n+]1ccc(-c2cccc3nonc23)cc1. The van der Waals surface area contributed by atoms with Crippen LogP contribution in [0.3, 0.4) is 0 Å². The van der Waals surface area contributed by atoms with Crippen molar-refractivity contribution in [3.8, 4) is 11.1 Å². The summed E-state index contributed by atoms with van der Waals surface area (Å²) in [4.78, 5) is 20.0. The molecule has 0 saturated heterocycles. The number of aryl methyl sites for hydroxylation is 1. The number of alkyl halides is 3. The molecule has 0 aliphatic heterocycles. The predicted octanol–water partition coefficient (Wildman–Crippen LogP) is 2.37. The van der Waals surface area contributed by atoms with Gasteiger partial charge in [0.25, 0.3) is 0 Å². The molecule has 0 bridgehead atoms. The Kier molecular flexibility index (Phi) is 6.64. The molecule has 1 N–H and O–H groups in total. The molecule has 0 atom stereocenters. The lowest BCUT2D eigenvalue weighted by molar-refractivity contribution is -0.695. The number of fused-ring (bicyclic) bond motifs is 1. The molecule has 2 aromatic heterocycles. The first-order valence-corrected chi connectivity index (χ1v) is 7.80. The van der Waals surface area contributed by atoms with Gasteiger partial charge in [-0.3, -0.25) is 4.79 Å². The quantitative estimate of drug-likeness (QED) is 0.531. The van der Waals surface area contributed by atoms with E-state index in [1.807, 2.05) is 47.3 Å². The van der Waals surface area contributed by atoms with Crippen molar-refractivity contribution in [3.63, 3.8) is 0 Å². The molecule has 11 heteroatoms. The number of nitrogens with zero attached hydrogens (tertiary/aromatic N) is 3. The molecule has 0 aliphatic rings. The van der Waals surface area contributed by atoms with Crippen molar-refractivity contribution < 1.29 is 41.8 Å². The number of methoxy groups -OCH3 is 1. The maximum absolute atomic E-state index is 11.0. The van der Waals surface area contributed by atoms with E-state index in [1.54, 1.807) is 0 Å². The van der Waals surface area contributed by atoms with E-state index in [2.05, 4.69) is 15.1 Å². The predicted molar refractivity (Wildman–Crippen MR) is 87.8 cm³/mol. The lowest BCUT2D eigenvalue weighted by Crippen LogP contribution is -2.33. The van der Waals surface area contributed by atoms with E-state index in [0.29, 0.717) is 19.2 Å². The molecule has 148 valence electrons. The van der Waals surface area contributed by atoms with E-state index >= 15 is 0 Å². The number of carbonyl (C=O) groups excluding carboxylic acids is 1. The molecule has 0 saturated carbocycles.